The summed E-state index contributed by atoms with van der Waals surface area (Å²) in [5.41, 5.74) is 2.85. The molecule has 142 valence electrons. The van der Waals surface area contributed by atoms with Crippen LogP contribution in [0.3, 0.4) is 0 Å². The molecule has 1 saturated heterocycles. The number of amides is 2. The molecule has 1 fully saturated rings. The second-order valence-corrected chi connectivity index (χ2v) is 7.05. The van der Waals surface area contributed by atoms with Gasteiger partial charge in [-0.2, -0.15) is 0 Å². The van der Waals surface area contributed by atoms with Crippen molar-refractivity contribution >= 4 is 29.1 Å². The minimum Gasteiger partial charge on any atom is -0.371 e. The smallest absolute Gasteiger partial charge is 0.251 e. The second-order valence-electron chi connectivity index (χ2n) is 6.61. The minimum atomic E-state index is -0.209. The molecule has 0 bridgehead atoms. The van der Waals surface area contributed by atoms with Gasteiger partial charge in [0, 0.05) is 48.9 Å². The van der Waals surface area contributed by atoms with Crippen LogP contribution in [0, 0.1) is 0 Å². The lowest BCUT2D eigenvalue weighted by Crippen LogP contribution is -2.31. The van der Waals surface area contributed by atoms with Gasteiger partial charge in [0.05, 0.1) is 0 Å². The van der Waals surface area contributed by atoms with E-state index in [1.54, 1.807) is 24.3 Å². The number of para-hydroxylation sites is 1. The quantitative estimate of drug-likeness (QED) is 0.768. The van der Waals surface area contributed by atoms with Gasteiger partial charge in [-0.15, -0.1) is 0 Å². The molecule has 1 heterocycles. The van der Waals surface area contributed by atoms with Crippen molar-refractivity contribution in [3.63, 3.8) is 0 Å². The standard InChI is InChI=1S/C21H24ClN3O2/c22-18-9-7-16(8-10-18)21(27)23-12-11-20(26)24-15-17-5-1-2-6-19(17)25-13-3-4-14-25/h1-2,5-10H,3-4,11-15H2,(H,23,27)(H,24,26). The molecule has 0 atom stereocenters. The highest BCUT2D eigenvalue weighted by molar-refractivity contribution is 6.30. The highest BCUT2D eigenvalue weighted by Crippen LogP contribution is 2.24. The predicted molar refractivity (Wildman–Crippen MR) is 108 cm³/mol. The lowest BCUT2D eigenvalue weighted by Gasteiger charge is -2.21. The third-order valence-corrected chi connectivity index (χ3v) is 4.91. The number of nitrogens with zero attached hydrogens (tertiary/aromatic N) is 1. The fraction of sp³-hybridized carbons (Fsp3) is 0.333. The van der Waals surface area contributed by atoms with Crippen LogP contribution < -0.4 is 15.5 Å². The van der Waals surface area contributed by atoms with Crippen molar-refractivity contribution in [3.8, 4) is 0 Å². The summed E-state index contributed by atoms with van der Waals surface area (Å²) < 4.78 is 0. The van der Waals surface area contributed by atoms with Crippen molar-refractivity contribution in [2.24, 2.45) is 0 Å². The van der Waals surface area contributed by atoms with E-state index in [-0.39, 0.29) is 18.2 Å². The third kappa shape index (κ3) is 5.47. The molecule has 6 heteroatoms. The van der Waals surface area contributed by atoms with E-state index in [0.717, 1.165) is 18.7 Å². The van der Waals surface area contributed by atoms with Crippen LogP contribution in [0.25, 0.3) is 0 Å². The van der Waals surface area contributed by atoms with Crippen LogP contribution in [-0.2, 0) is 11.3 Å². The first-order valence-corrected chi connectivity index (χ1v) is 9.64. The van der Waals surface area contributed by atoms with Gasteiger partial charge in [0.2, 0.25) is 5.91 Å². The molecule has 2 aromatic carbocycles. The Morgan fingerprint density at radius 1 is 0.963 bits per heavy atom. The number of carbonyl (C=O) groups is 2. The van der Waals surface area contributed by atoms with Crippen LogP contribution >= 0.6 is 11.6 Å². The van der Waals surface area contributed by atoms with Crippen molar-refractivity contribution in [1.29, 1.82) is 0 Å². The maximum absolute atomic E-state index is 12.1. The molecule has 5 nitrogen and oxygen atoms in total. The summed E-state index contributed by atoms with van der Waals surface area (Å²) in [5, 5.41) is 6.29. The Morgan fingerprint density at radius 3 is 2.41 bits per heavy atom. The molecule has 2 N–H and O–H groups in total. The summed E-state index contributed by atoms with van der Waals surface area (Å²) in [6, 6.07) is 14.8. The summed E-state index contributed by atoms with van der Waals surface area (Å²) in [4.78, 5) is 26.5. The Hall–Kier alpha value is -2.53. The SMILES string of the molecule is O=C(CCNC(=O)c1ccc(Cl)cc1)NCc1ccccc1N1CCCC1. The topological polar surface area (TPSA) is 61.4 Å². The number of hydrogen-bond donors (Lipinski definition) is 2. The zero-order valence-electron chi connectivity index (χ0n) is 15.2. The molecule has 0 radical (unpaired) electrons. The number of benzene rings is 2. The molecule has 0 aromatic heterocycles. The lowest BCUT2D eigenvalue weighted by molar-refractivity contribution is -0.121. The second kappa shape index (κ2) is 9.42. The first-order chi connectivity index (χ1) is 13.1. The summed E-state index contributed by atoms with van der Waals surface area (Å²) in [6.45, 7) is 2.93. The van der Waals surface area contributed by atoms with Gasteiger partial charge in [-0.1, -0.05) is 29.8 Å². The van der Waals surface area contributed by atoms with Crippen molar-refractivity contribution in [1.82, 2.24) is 10.6 Å². The Balaban J connectivity index is 1.44. The number of anilines is 1. The van der Waals surface area contributed by atoms with Crippen LogP contribution in [-0.4, -0.2) is 31.4 Å². The van der Waals surface area contributed by atoms with Gasteiger partial charge in [-0.05, 0) is 48.7 Å². The van der Waals surface area contributed by atoms with E-state index < -0.39 is 0 Å². The van der Waals surface area contributed by atoms with E-state index in [1.165, 1.54) is 18.5 Å². The number of nitrogens with one attached hydrogen (secondary N) is 2. The van der Waals surface area contributed by atoms with Crippen molar-refractivity contribution < 1.29 is 9.59 Å². The van der Waals surface area contributed by atoms with Crippen molar-refractivity contribution in [3.05, 3.63) is 64.7 Å². The van der Waals surface area contributed by atoms with Gasteiger partial charge in [0.25, 0.3) is 5.91 Å². The molecule has 3 rings (SSSR count). The largest absolute Gasteiger partial charge is 0.371 e. The molecule has 2 amide bonds. The summed E-state index contributed by atoms with van der Waals surface area (Å²) >= 11 is 5.81. The van der Waals surface area contributed by atoms with Gasteiger partial charge in [-0.25, -0.2) is 0 Å². The molecule has 2 aromatic rings. The van der Waals surface area contributed by atoms with Crippen LogP contribution in [0.5, 0.6) is 0 Å². The molecule has 0 spiro atoms. The van der Waals surface area contributed by atoms with Crippen LogP contribution in [0.15, 0.2) is 48.5 Å². The molecule has 1 aliphatic rings. The van der Waals surface area contributed by atoms with Gasteiger partial charge < -0.3 is 15.5 Å². The average molecular weight is 386 g/mol. The number of halogens is 1. The minimum absolute atomic E-state index is 0.0809. The van der Waals surface area contributed by atoms with Crippen LogP contribution in [0.1, 0.15) is 35.2 Å². The number of rotatable bonds is 7. The van der Waals surface area contributed by atoms with Gasteiger partial charge in [-0.3, -0.25) is 9.59 Å². The highest BCUT2D eigenvalue weighted by Gasteiger charge is 2.15. The Morgan fingerprint density at radius 2 is 1.67 bits per heavy atom. The average Bonchev–Trinajstić information content (AvgIpc) is 3.21. The van der Waals surface area contributed by atoms with Crippen molar-refractivity contribution in [2.75, 3.05) is 24.5 Å². The molecular formula is C21H24ClN3O2. The van der Waals surface area contributed by atoms with Crippen LogP contribution in [0.4, 0.5) is 5.69 Å². The van der Waals surface area contributed by atoms with E-state index in [1.807, 2.05) is 12.1 Å². The monoisotopic (exact) mass is 385 g/mol. The zero-order valence-corrected chi connectivity index (χ0v) is 16.0. The van der Waals surface area contributed by atoms with Gasteiger partial charge in [0.15, 0.2) is 0 Å². The maximum Gasteiger partial charge on any atom is 0.251 e. The normalized spacial score (nSPS) is 13.4. The Kier molecular flexibility index (Phi) is 6.71. The molecular weight excluding hydrogens is 362 g/mol. The third-order valence-electron chi connectivity index (χ3n) is 4.66. The first-order valence-electron chi connectivity index (χ1n) is 9.27. The zero-order chi connectivity index (χ0) is 19.1. The van der Waals surface area contributed by atoms with E-state index in [4.69, 9.17) is 11.6 Å². The lowest BCUT2D eigenvalue weighted by atomic mass is 10.1. The summed E-state index contributed by atoms with van der Waals surface area (Å²) in [6.07, 6.45) is 2.67. The fourth-order valence-corrected chi connectivity index (χ4v) is 3.33. The van der Waals surface area contributed by atoms with E-state index in [2.05, 4.69) is 27.7 Å². The van der Waals surface area contributed by atoms with Crippen LogP contribution in [0.2, 0.25) is 5.02 Å². The van der Waals surface area contributed by atoms with Gasteiger partial charge in [0.1, 0.15) is 0 Å². The van der Waals surface area contributed by atoms with E-state index in [0.29, 0.717) is 23.7 Å². The number of carbonyl (C=O) groups excluding carboxylic acids is 2. The molecule has 1 aliphatic heterocycles. The first kappa shape index (κ1) is 19.2. The molecule has 27 heavy (non-hydrogen) atoms. The molecule has 0 aliphatic carbocycles. The summed E-state index contributed by atoms with van der Waals surface area (Å²) in [7, 11) is 0. The summed E-state index contributed by atoms with van der Waals surface area (Å²) in [5.74, 6) is -0.290. The highest BCUT2D eigenvalue weighted by atomic mass is 35.5. The molecule has 0 saturated carbocycles. The Labute approximate surface area is 164 Å². The Bertz CT molecular complexity index is 786. The van der Waals surface area contributed by atoms with Crippen molar-refractivity contribution in [2.45, 2.75) is 25.8 Å². The predicted octanol–water partition coefficient (Wildman–Crippen LogP) is 3.38. The fourth-order valence-electron chi connectivity index (χ4n) is 3.20. The molecule has 0 unspecified atom stereocenters. The van der Waals surface area contributed by atoms with Gasteiger partial charge >= 0.3 is 0 Å². The van der Waals surface area contributed by atoms with E-state index in [9.17, 15) is 9.59 Å². The maximum atomic E-state index is 12.1. The number of hydrogen-bond acceptors (Lipinski definition) is 3. The van der Waals surface area contributed by atoms with E-state index >= 15 is 0 Å².